The zero-order valence-electron chi connectivity index (χ0n) is 14.4. The SMILES string of the molecule is Cn1cc(CN2CCC(N3C(=O)NCC34CCOCC4)CC2)cn1. The highest BCUT2D eigenvalue weighted by Gasteiger charge is 2.49. The van der Waals surface area contributed by atoms with Crippen LogP contribution in [0.2, 0.25) is 0 Å². The molecule has 0 atom stereocenters. The Hall–Kier alpha value is -1.60. The normalized spacial score (nSPS) is 25.4. The molecular weight excluding hydrogens is 306 g/mol. The van der Waals surface area contributed by atoms with Crippen molar-refractivity contribution in [1.29, 1.82) is 0 Å². The summed E-state index contributed by atoms with van der Waals surface area (Å²) in [7, 11) is 1.95. The Morgan fingerprint density at radius 3 is 2.75 bits per heavy atom. The molecule has 1 aromatic rings. The average molecular weight is 333 g/mol. The number of aromatic nitrogens is 2. The predicted octanol–water partition coefficient (Wildman–Crippen LogP) is 0.959. The van der Waals surface area contributed by atoms with Crippen molar-refractivity contribution in [2.75, 3.05) is 32.8 Å². The summed E-state index contributed by atoms with van der Waals surface area (Å²) in [5.41, 5.74) is 1.25. The number of likely N-dealkylation sites (tertiary alicyclic amines) is 1. The smallest absolute Gasteiger partial charge is 0.318 e. The number of rotatable bonds is 3. The van der Waals surface area contributed by atoms with E-state index in [1.54, 1.807) is 0 Å². The van der Waals surface area contributed by atoms with E-state index in [0.717, 1.165) is 65.1 Å². The number of hydrogen-bond donors (Lipinski definition) is 1. The van der Waals surface area contributed by atoms with E-state index in [-0.39, 0.29) is 11.6 Å². The van der Waals surface area contributed by atoms with E-state index in [1.807, 2.05) is 17.9 Å². The first kappa shape index (κ1) is 15.9. The zero-order valence-corrected chi connectivity index (χ0v) is 14.4. The minimum Gasteiger partial charge on any atom is -0.381 e. The molecule has 1 spiro atoms. The largest absolute Gasteiger partial charge is 0.381 e. The van der Waals surface area contributed by atoms with Crippen molar-refractivity contribution in [3.63, 3.8) is 0 Å². The zero-order chi connectivity index (χ0) is 16.6. The first-order chi connectivity index (χ1) is 11.7. The summed E-state index contributed by atoms with van der Waals surface area (Å²) >= 11 is 0. The van der Waals surface area contributed by atoms with Crippen LogP contribution in [-0.4, -0.2) is 70.0 Å². The highest BCUT2D eigenvalue weighted by Crippen LogP contribution is 2.35. The Bertz CT molecular complexity index is 588. The monoisotopic (exact) mass is 333 g/mol. The van der Waals surface area contributed by atoms with Crippen LogP contribution in [0.1, 0.15) is 31.2 Å². The summed E-state index contributed by atoms with van der Waals surface area (Å²) in [6, 6.07) is 0.485. The number of carbonyl (C=O) groups excluding carboxylic acids is 1. The first-order valence-corrected chi connectivity index (χ1v) is 9.01. The summed E-state index contributed by atoms with van der Waals surface area (Å²) in [6.45, 7) is 5.35. The van der Waals surface area contributed by atoms with Crippen LogP contribution < -0.4 is 5.32 Å². The summed E-state index contributed by atoms with van der Waals surface area (Å²) in [6.07, 6.45) is 8.05. The van der Waals surface area contributed by atoms with E-state index < -0.39 is 0 Å². The van der Waals surface area contributed by atoms with Gasteiger partial charge in [0.15, 0.2) is 0 Å². The molecule has 1 N–H and O–H groups in total. The maximum Gasteiger partial charge on any atom is 0.318 e. The van der Waals surface area contributed by atoms with Gasteiger partial charge in [-0.25, -0.2) is 4.79 Å². The van der Waals surface area contributed by atoms with Gasteiger partial charge in [0.25, 0.3) is 0 Å². The van der Waals surface area contributed by atoms with Crippen LogP contribution in [0.5, 0.6) is 0 Å². The van der Waals surface area contributed by atoms with Gasteiger partial charge in [-0.3, -0.25) is 9.58 Å². The molecule has 3 aliphatic heterocycles. The van der Waals surface area contributed by atoms with Crippen molar-refractivity contribution >= 4 is 6.03 Å². The van der Waals surface area contributed by atoms with Crippen molar-refractivity contribution in [2.45, 2.75) is 43.8 Å². The molecule has 24 heavy (non-hydrogen) atoms. The molecule has 4 rings (SSSR count). The van der Waals surface area contributed by atoms with Crippen LogP contribution in [0, 0.1) is 0 Å². The Kier molecular flexibility index (Phi) is 4.22. The molecule has 7 nitrogen and oxygen atoms in total. The number of urea groups is 1. The first-order valence-electron chi connectivity index (χ1n) is 9.01. The van der Waals surface area contributed by atoms with Crippen molar-refractivity contribution in [3.8, 4) is 0 Å². The van der Waals surface area contributed by atoms with Crippen LogP contribution in [0.15, 0.2) is 12.4 Å². The van der Waals surface area contributed by atoms with E-state index in [1.165, 1.54) is 5.56 Å². The minimum absolute atomic E-state index is 0.00841. The highest BCUT2D eigenvalue weighted by molar-refractivity contribution is 5.78. The van der Waals surface area contributed by atoms with Crippen molar-refractivity contribution < 1.29 is 9.53 Å². The van der Waals surface area contributed by atoms with Gasteiger partial charge in [0.05, 0.1) is 11.7 Å². The number of aryl methyl sites for hydroxylation is 1. The molecule has 0 bridgehead atoms. The topological polar surface area (TPSA) is 62.6 Å². The third kappa shape index (κ3) is 2.91. The average Bonchev–Trinajstić information content (AvgIpc) is 3.13. The second-order valence-corrected chi connectivity index (χ2v) is 7.39. The standard InChI is InChI=1S/C17H27N5O2/c1-20-11-14(10-19-20)12-21-6-2-15(3-7-21)22-16(23)18-13-17(22)4-8-24-9-5-17/h10-11,15H,2-9,12-13H2,1H3,(H,18,23). The summed E-state index contributed by atoms with van der Waals surface area (Å²) in [4.78, 5) is 17.1. The fraction of sp³-hybridized carbons (Fsp3) is 0.765. The number of amides is 2. The molecule has 0 unspecified atom stereocenters. The van der Waals surface area contributed by atoms with E-state index >= 15 is 0 Å². The van der Waals surface area contributed by atoms with Crippen LogP contribution in [-0.2, 0) is 18.3 Å². The minimum atomic E-state index is -0.00841. The van der Waals surface area contributed by atoms with Gasteiger partial charge in [0.2, 0.25) is 0 Å². The van der Waals surface area contributed by atoms with Crippen LogP contribution in [0.4, 0.5) is 4.79 Å². The molecule has 0 saturated carbocycles. The lowest BCUT2D eigenvalue weighted by Crippen LogP contribution is -2.57. The quantitative estimate of drug-likeness (QED) is 0.895. The molecular formula is C17H27N5O2. The fourth-order valence-corrected chi connectivity index (χ4v) is 4.50. The van der Waals surface area contributed by atoms with Crippen molar-refractivity contribution in [1.82, 2.24) is 24.9 Å². The predicted molar refractivity (Wildman–Crippen MR) is 89.5 cm³/mol. The Morgan fingerprint density at radius 1 is 1.33 bits per heavy atom. The summed E-state index contributed by atoms with van der Waals surface area (Å²) in [5, 5.41) is 7.33. The Morgan fingerprint density at radius 2 is 2.08 bits per heavy atom. The number of nitrogens with zero attached hydrogens (tertiary/aromatic N) is 4. The number of carbonyl (C=O) groups is 1. The number of piperidine rings is 1. The van der Waals surface area contributed by atoms with Gasteiger partial charge < -0.3 is 15.0 Å². The van der Waals surface area contributed by atoms with E-state index in [4.69, 9.17) is 4.74 Å². The number of hydrogen-bond acceptors (Lipinski definition) is 4. The molecule has 0 aromatic carbocycles. The van der Waals surface area contributed by atoms with Crippen molar-refractivity contribution in [3.05, 3.63) is 18.0 Å². The second kappa shape index (κ2) is 6.37. The van der Waals surface area contributed by atoms with Crippen molar-refractivity contribution in [2.24, 2.45) is 7.05 Å². The van der Waals surface area contributed by atoms with Gasteiger partial charge in [-0.15, -0.1) is 0 Å². The molecule has 4 heterocycles. The maximum atomic E-state index is 12.5. The lowest BCUT2D eigenvalue weighted by molar-refractivity contribution is -0.0158. The van der Waals surface area contributed by atoms with Gasteiger partial charge in [0.1, 0.15) is 0 Å². The summed E-state index contributed by atoms with van der Waals surface area (Å²) < 4.78 is 7.38. The lowest BCUT2D eigenvalue weighted by atomic mass is 9.86. The Labute approximate surface area is 142 Å². The molecule has 3 fully saturated rings. The third-order valence-electron chi connectivity index (χ3n) is 5.81. The molecule has 132 valence electrons. The van der Waals surface area contributed by atoms with Gasteiger partial charge in [-0.05, 0) is 25.7 Å². The van der Waals surface area contributed by atoms with Crippen LogP contribution >= 0.6 is 0 Å². The van der Waals surface area contributed by atoms with E-state index in [2.05, 4.69) is 26.4 Å². The Balaban J connectivity index is 1.38. The lowest BCUT2D eigenvalue weighted by Gasteiger charge is -2.46. The van der Waals surface area contributed by atoms with E-state index in [0.29, 0.717) is 6.04 Å². The molecule has 1 aromatic heterocycles. The van der Waals surface area contributed by atoms with E-state index in [9.17, 15) is 4.79 Å². The molecule has 0 radical (unpaired) electrons. The fourth-order valence-electron chi connectivity index (χ4n) is 4.50. The van der Waals surface area contributed by atoms with Gasteiger partial charge in [-0.2, -0.15) is 5.10 Å². The highest BCUT2D eigenvalue weighted by atomic mass is 16.5. The molecule has 7 heteroatoms. The molecule has 3 saturated heterocycles. The third-order valence-corrected chi connectivity index (χ3v) is 5.81. The van der Waals surface area contributed by atoms with Gasteiger partial charge >= 0.3 is 6.03 Å². The van der Waals surface area contributed by atoms with Crippen LogP contribution in [0.25, 0.3) is 0 Å². The van der Waals surface area contributed by atoms with Crippen LogP contribution in [0.3, 0.4) is 0 Å². The number of nitrogens with one attached hydrogen (secondary N) is 1. The molecule has 3 aliphatic rings. The van der Waals surface area contributed by atoms with Gasteiger partial charge in [-0.1, -0.05) is 0 Å². The van der Waals surface area contributed by atoms with Gasteiger partial charge in [0, 0.05) is 64.2 Å². The summed E-state index contributed by atoms with van der Waals surface area (Å²) in [5.74, 6) is 0. The second-order valence-electron chi connectivity index (χ2n) is 7.39. The molecule has 0 aliphatic carbocycles. The molecule has 2 amide bonds. The maximum absolute atomic E-state index is 12.5. The number of ether oxygens (including phenoxy) is 1.